The predicted molar refractivity (Wildman–Crippen MR) is 208 cm³/mol. The van der Waals surface area contributed by atoms with Crippen molar-refractivity contribution in [2.45, 2.75) is 0 Å². The van der Waals surface area contributed by atoms with Crippen LogP contribution in [0.3, 0.4) is 0 Å². The topological polar surface area (TPSA) is 25.8 Å². The van der Waals surface area contributed by atoms with Gasteiger partial charge in [-0.15, -0.1) is 0 Å². The van der Waals surface area contributed by atoms with Crippen LogP contribution in [-0.2, 0) is 0 Å². The molecule has 49 heavy (non-hydrogen) atoms. The zero-order valence-electron chi connectivity index (χ0n) is 26.5. The molecule has 0 aliphatic heterocycles. The molecule has 2 nitrogen and oxygen atoms in total. The van der Waals surface area contributed by atoms with Crippen LogP contribution in [0.2, 0.25) is 0 Å². The van der Waals surface area contributed by atoms with Crippen molar-refractivity contribution in [3.63, 3.8) is 0 Å². The predicted octanol–water partition coefficient (Wildman–Crippen LogP) is 12.0. The van der Waals surface area contributed by atoms with Crippen LogP contribution in [0.25, 0.3) is 96.6 Å². The molecule has 228 valence electrons. The molecule has 0 atom stereocenters. The van der Waals surface area contributed by atoms with Gasteiger partial charge in [0.25, 0.3) is 0 Å². The second-order valence-electron chi connectivity index (χ2n) is 12.5. The summed E-state index contributed by atoms with van der Waals surface area (Å²) in [7, 11) is 0. The third kappa shape index (κ3) is 4.70. The van der Waals surface area contributed by atoms with E-state index in [-0.39, 0.29) is 0 Å². The minimum atomic E-state index is 0.321. The van der Waals surface area contributed by atoms with E-state index in [4.69, 9.17) is 9.97 Å². The van der Waals surface area contributed by atoms with Crippen LogP contribution in [-0.4, -0.2) is 24.5 Å². The first kappa shape index (κ1) is 28.2. The van der Waals surface area contributed by atoms with Gasteiger partial charge < -0.3 is 0 Å². The first-order valence-electron chi connectivity index (χ1n) is 16.6. The molecule has 0 aliphatic rings. The molecule has 0 radical (unpaired) electrons. The summed E-state index contributed by atoms with van der Waals surface area (Å²) in [4.78, 5) is 10.3. The Morgan fingerprint density at radius 2 is 0.878 bits per heavy atom. The Labute approximate surface area is 289 Å². The van der Waals surface area contributed by atoms with E-state index in [1.807, 2.05) is 18.2 Å². The van der Waals surface area contributed by atoms with Gasteiger partial charge in [0.1, 0.15) is 0 Å². The molecule has 0 saturated heterocycles. The van der Waals surface area contributed by atoms with Gasteiger partial charge in [-0.2, -0.15) is 0 Å². The summed E-state index contributed by atoms with van der Waals surface area (Å²) >= 11 is 0.321. The van der Waals surface area contributed by atoms with Gasteiger partial charge in [-0.3, -0.25) is 0 Å². The van der Waals surface area contributed by atoms with E-state index in [1.165, 1.54) is 62.7 Å². The number of fused-ring (bicyclic) bond motifs is 10. The summed E-state index contributed by atoms with van der Waals surface area (Å²) in [5.41, 5.74) is 7.30. The quantitative estimate of drug-likeness (QED) is 0.136. The van der Waals surface area contributed by atoms with Gasteiger partial charge in [0, 0.05) is 0 Å². The molecule has 0 spiro atoms. The minimum Gasteiger partial charge on any atom is -0.0622 e. The smallest absolute Gasteiger partial charge is 0.0622 e. The van der Waals surface area contributed by atoms with Crippen molar-refractivity contribution in [1.29, 1.82) is 0 Å². The van der Waals surface area contributed by atoms with E-state index in [1.54, 1.807) is 0 Å². The van der Waals surface area contributed by atoms with Crippen LogP contribution in [0.4, 0.5) is 0 Å². The van der Waals surface area contributed by atoms with E-state index in [0.717, 1.165) is 33.9 Å². The summed E-state index contributed by atoms with van der Waals surface area (Å²) in [5.74, 6) is 0.720. The van der Waals surface area contributed by atoms with Crippen molar-refractivity contribution in [3.8, 4) is 45.0 Å². The van der Waals surface area contributed by atoms with E-state index in [2.05, 4.69) is 152 Å². The number of benzene rings is 8. The Balaban J connectivity index is 1.21. The van der Waals surface area contributed by atoms with E-state index >= 15 is 0 Å². The summed E-state index contributed by atoms with van der Waals surface area (Å²) < 4.78 is 2.95. The van der Waals surface area contributed by atoms with Crippen LogP contribution < -0.4 is 0 Å². The average molecular weight is 688 g/mol. The van der Waals surface area contributed by atoms with Crippen LogP contribution in [0.15, 0.2) is 170 Å². The van der Waals surface area contributed by atoms with E-state index < -0.39 is 0 Å². The number of aromatic nitrogens is 2. The molecular formula is C46H28N2Se. The zero-order valence-corrected chi connectivity index (χ0v) is 28.2. The van der Waals surface area contributed by atoms with Crippen molar-refractivity contribution in [3.05, 3.63) is 170 Å². The average Bonchev–Trinajstić information content (AvgIpc) is 3.57. The normalized spacial score (nSPS) is 11.7. The molecular weight excluding hydrogens is 659 g/mol. The van der Waals surface area contributed by atoms with Crippen LogP contribution in [0, 0.1) is 0 Å². The first-order valence-corrected chi connectivity index (χ1v) is 18.3. The van der Waals surface area contributed by atoms with Gasteiger partial charge >= 0.3 is 195 Å². The third-order valence-electron chi connectivity index (χ3n) is 9.66. The van der Waals surface area contributed by atoms with Crippen LogP contribution in [0.5, 0.6) is 0 Å². The second kappa shape index (κ2) is 11.4. The number of hydrogen-bond acceptors (Lipinski definition) is 2. The van der Waals surface area contributed by atoms with Crippen molar-refractivity contribution < 1.29 is 0 Å². The zero-order chi connectivity index (χ0) is 32.3. The molecule has 2 heterocycles. The fraction of sp³-hybridized carbons (Fsp3) is 0. The molecule has 10 rings (SSSR count). The van der Waals surface area contributed by atoms with Crippen molar-refractivity contribution >= 4 is 66.1 Å². The Bertz CT molecular complexity index is 2850. The Morgan fingerprint density at radius 1 is 0.306 bits per heavy atom. The summed E-state index contributed by atoms with van der Waals surface area (Å²) in [6, 6.07) is 61.1. The van der Waals surface area contributed by atoms with Gasteiger partial charge in [0.15, 0.2) is 0 Å². The molecule has 0 unspecified atom stereocenters. The summed E-state index contributed by atoms with van der Waals surface area (Å²) in [5, 5.41) is 10.6. The first-order chi connectivity index (χ1) is 24.3. The van der Waals surface area contributed by atoms with Gasteiger partial charge in [-0.25, -0.2) is 0 Å². The molecule has 0 bridgehead atoms. The van der Waals surface area contributed by atoms with Gasteiger partial charge in [0.05, 0.1) is 0 Å². The standard InChI is InChI=1S/C46H28N2Se/c1-3-12-29(13-4-1)31-16-11-17-32(26-31)40-28-41(48-46(47-40)30-14-5-2-6-15-30)33-22-23-35-37-24-25-43-45(38-20-9-10-21-42(38)49-43)44(37)36-19-8-7-18-34(36)39(35)27-33/h1-28H. The fourth-order valence-electron chi connectivity index (χ4n) is 7.37. The van der Waals surface area contributed by atoms with Gasteiger partial charge in [-0.05, 0) is 17.2 Å². The molecule has 0 N–H and O–H groups in total. The molecule has 2 aromatic heterocycles. The van der Waals surface area contributed by atoms with Gasteiger partial charge in [-0.1, -0.05) is 78.9 Å². The Hall–Kier alpha value is -5.86. The van der Waals surface area contributed by atoms with Crippen LogP contribution in [0.1, 0.15) is 0 Å². The summed E-state index contributed by atoms with van der Waals surface area (Å²) in [6.45, 7) is 0. The maximum atomic E-state index is 5.19. The van der Waals surface area contributed by atoms with E-state index in [9.17, 15) is 0 Å². The van der Waals surface area contributed by atoms with Crippen molar-refractivity contribution in [2.75, 3.05) is 0 Å². The number of hydrogen-bond donors (Lipinski definition) is 0. The molecule has 10 aromatic rings. The summed E-state index contributed by atoms with van der Waals surface area (Å²) in [6.07, 6.45) is 0. The van der Waals surface area contributed by atoms with Crippen LogP contribution >= 0.6 is 0 Å². The Kier molecular flexibility index (Phi) is 6.55. The third-order valence-corrected chi connectivity index (χ3v) is 12.0. The second-order valence-corrected chi connectivity index (χ2v) is 14.8. The molecule has 8 aromatic carbocycles. The van der Waals surface area contributed by atoms with Gasteiger partial charge in [0.2, 0.25) is 0 Å². The molecule has 0 fully saturated rings. The Morgan fingerprint density at radius 3 is 1.67 bits per heavy atom. The molecule has 3 heteroatoms. The number of nitrogens with zero attached hydrogens (tertiary/aromatic N) is 2. The van der Waals surface area contributed by atoms with Crippen molar-refractivity contribution in [2.24, 2.45) is 0 Å². The monoisotopic (exact) mass is 688 g/mol. The SMILES string of the molecule is c1ccc(-c2cccc(-c3cc(-c4ccc5c(c4)c4ccccc4c4c5ccc5[se]c6ccccc6c54)nc(-c4ccccc4)n3)c2)cc1. The molecule has 0 aliphatic carbocycles. The minimum absolute atomic E-state index is 0.321. The molecule has 0 saturated carbocycles. The van der Waals surface area contributed by atoms with E-state index in [0.29, 0.717) is 14.5 Å². The molecule has 0 amide bonds. The maximum absolute atomic E-state index is 5.19. The fourth-order valence-corrected chi connectivity index (χ4v) is 9.70. The number of rotatable bonds is 4. The van der Waals surface area contributed by atoms with Crippen molar-refractivity contribution in [1.82, 2.24) is 9.97 Å².